The van der Waals surface area contributed by atoms with E-state index in [-0.39, 0.29) is 5.38 Å². The molecule has 88 valence electrons. The van der Waals surface area contributed by atoms with Crippen molar-refractivity contribution in [3.8, 4) is 0 Å². The Hall–Kier alpha value is -0.400. The highest BCUT2D eigenvalue weighted by Crippen LogP contribution is 2.35. The van der Waals surface area contributed by atoms with Gasteiger partial charge in [-0.1, -0.05) is 46.9 Å². The van der Waals surface area contributed by atoms with Gasteiger partial charge in [0.15, 0.2) is 0 Å². The number of hydrogen-bond acceptors (Lipinski definition) is 0. The molecule has 0 aliphatic heterocycles. The van der Waals surface area contributed by atoms with Gasteiger partial charge < -0.3 is 0 Å². The maximum atomic E-state index is 6.38. The van der Waals surface area contributed by atoms with Gasteiger partial charge in [0.1, 0.15) is 0 Å². The van der Waals surface area contributed by atoms with Crippen LogP contribution >= 0.6 is 46.4 Å². The number of halogens is 4. The summed E-state index contributed by atoms with van der Waals surface area (Å²) in [5, 5.41) is 1.56. The van der Waals surface area contributed by atoms with E-state index in [0.29, 0.717) is 15.1 Å². The van der Waals surface area contributed by atoms with Gasteiger partial charge in [-0.25, -0.2) is 0 Å². The van der Waals surface area contributed by atoms with Gasteiger partial charge in [-0.2, -0.15) is 0 Å². The highest BCUT2D eigenvalue weighted by Gasteiger charge is 2.14. The Morgan fingerprint density at radius 3 is 2.00 bits per heavy atom. The topological polar surface area (TPSA) is 0 Å². The van der Waals surface area contributed by atoms with Crippen LogP contribution in [0.25, 0.3) is 0 Å². The van der Waals surface area contributed by atoms with E-state index in [0.717, 1.165) is 11.1 Å². The van der Waals surface area contributed by atoms with E-state index in [1.165, 1.54) is 0 Å². The quantitative estimate of drug-likeness (QED) is 0.599. The fourth-order valence-corrected chi connectivity index (χ4v) is 2.44. The predicted molar refractivity (Wildman–Crippen MR) is 75.6 cm³/mol. The molecule has 0 aliphatic rings. The molecule has 0 amide bonds. The number of benzene rings is 2. The molecule has 0 nitrogen and oxygen atoms in total. The lowest BCUT2D eigenvalue weighted by Crippen LogP contribution is -1.94. The Labute approximate surface area is 120 Å². The van der Waals surface area contributed by atoms with Crippen LogP contribution in [0.4, 0.5) is 0 Å². The third kappa shape index (κ3) is 3.08. The van der Waals surface area contributed by atoms with Crippen LogP contribution in [0.1, 0.15) is 16.5 Å². The summed E-state index contributed by atoms with van der Waals surface area (Å²) in [7, 11) is 0. The minimum absolute atomic E-state index is 0.335. The Bertz CT molecular complexity index is 519. The van der Waals surface area contributed by atoms with E-state index in [1.807, 2.05) is 12.1 Å². The first-order valence-electron chi connectivity index (χ1n) is 4.92. The normalized spacial score (nSPS) is 12.5. The van der Waals surface area contributed by atoms with Gasteiger partial charge in [-0.15, -0.1) is 11.6 Å². The van der Waals surface area contributed by atoms with Crippen molar-refractivity contribution in [3.05, 3.63) is 68.7 Å². The zero-order chi connectivity index (χ0) is 12.4. The SMILES string of the molecule is Clc1ccc(C(Cl)c2cc(Cl)ccc2Cl)cc1. The third-order valence-corrected chi connectivity index (χ3v) is 3.71. The second-order valence-corrected chi connectivity index (χ2v) is 5.30. The molecule has 2 rings (SSSR count). The molecule has 0 radical (unpaired) electrons. The minimum atomic E-state index is -0.335. The second kappa shape index (κ2) is 5.49. The standard InChI is InChI=1S/C13H8Cl4/c14-9-3-1-8(2-4-9)13(17)11-7-10(15)5-6-12(11)16/h1-7,13H. The van der Waals surface area contributed by atoms with Crippen molar-refractivity contribution in [2.45, 2.75) is 5.38 Å². The van der Waals surface area contributed by atoms with Crippen molar-refractivity contribution in [3.63, 3.8) is 0 Å². The molecule has 0 bridgehead atoms. The Morgan fingerprint density at radius 2 is 1.35 bits per heavy atom. The second-order valence-electron chi connectivity index (χ2n) is 3.58. The Morgan fingerprint density at radius 1 is 0.765 bits per heavy atom. The molecule has 17 heavy (non-hydrogen) atoms. The third-order valence-electron chi connectivity index (χ3n) is 2.39. The lowest BCUT2D eigenvalue weighted by atomic mass is 10.0. The van der Waals surface area contributed by atoms with Crippen molar-refractivity contribution < 1.29 is 0 Å². The fraction of sp³-hybridized carbons (Fsp3) is 0.0769. The van der Waals surface area contributed by atoms with Gasteiger partial charge in [-0.3, -0.25) is 0 Å². The van der Waals surface area contributed by atoms with E-state index in [1.54, 1.807) is 30.3 Å². The van der Waals surface area contributed by atoms with E-state index in [2.05, 4.69) is 0 Å². The Balaban J connectivity index is 2.39. The van der Waals surface area contributed by atoms with Crippen LogP contribution in [0.15, 0.2) is 42.5 Å². The van der Waals surface area contributed by atoms with E-state index in [9.17, 15) is 0 Å². The first-order valence-corrected chi connectivity index (χ1v) is 6.49. The largest absolute Gasteiger partial charge is 0.113 e. The van der Waals surface area contributed by atoms with Crippen molar-refractivity contribution in [2.24, 2.45) is 0 Å². The highest BCUT2D eigenvalue weighted by molar-refractivity contribution is 6.35. The summed E-state index contributed by atoms with van der Waals surface area (Å²) in [6, 6.07) is 12.6. The summed E-state index contributed by atoms with van der Waals surface area (Å²) >= 11 is 24.2. The predicted octanol–water partition coefficient (Wildman–Crippen LogP) is 5.98. The summed E-state index contributed by atoms with van der Waals surface area (Å²) in [5.74, 6) is 0. The lowest BCUT2D eigenvalue weighted by Gasteiger charge is -2.12. The van der Waals surface area contributed by atoms with Crippen LogP contribution in [0.3, 0.4) is 0 Å². The van der Waals surface area contributed by atoms with E-state index in [4.69, 9.17) is 46.4 Å². The molecule has 0 spiro atoms. The molecule has 2 aromatic rings. The summed E-state index contributed by atoms with van der Waals surface area (Å²) in [6.07, 6.45) is 0. The molecule has 0 N–H and O–H groups in total. The molecule has 1 atom stereocenters. The molecule has 0 saturated heterocycles. The van der Waals surface area contributed by atoms with E-state index >= 15 is 0 Å². The molecular formula is C13H8Cl4. The molecule has 0 fully saturated rings. The molecular weight excluding hydrogens is 298 g/mol. The number of alkyl halides is 1. The zero-order valence-corrected chi connectivity index (χ0v) is 11.7. The van der Waals surface area contributed by atoms with Crippen LogP contribution in [0, 0.1) is 0 Å². The summed E-state index contributed by atoms with van der Waals surface area (Å²) in [5.41, 5.74) is 1.73. The summed E-state index contributed by atoms with van der Waals surface area (Å²) in [4.78, 5) is 0. The summed E-state index contributed by atoms with van der Waals surface area (Å²) < 4.78 is 0. The van der Waals surface area contributed by atoms with Gasteiger partial charge >= 0.3 is 0 Å². The van der Waals surface area contributed by atoms with Crippen molar-refractivity contribution in [1.29, 1.82) is 0 Å². The lowest BCUT2D eigenvalue weighted by molar-refractivity contribution is 1.14. The van der Waals surface area contributed by atoms with Crippen LogP contribution in [-0.4, -0.2) is 0 Å². The van der Waals surface area contributed by atoms with Crippen molar-refractivity contribution in [1.82, 2.24) is 0 Å². The average Bonchev–Trinajstić information content (AvgIpc) is 2.32. The monoisotopic (exact) mass is 304 g/mol. The maximum absolute atomic E-state index is 6.38. The smallest absolute Gasteiger partial charge is 0.0850 e. The molecule has 2 aromatic carbocycles. The van der Waals surface area contributed by atoms with Crippen molar-refractivity contribution in [2.75, 3.05) is 0 Å². The van der Waals surface area contributed by atoms with Gasteiger partial charge in [0.25, 0.3) is 0 Å². The van der Waals surface area contributed by atoms with Gasteiger partial charge in [-0.05, 0) is 41.5 Å². The van der Waals surface area contributed by atoms with Crippen LogP contribution in [0.5, 0.6) is 0 Å². The van der Waals surface area contributed by atoms with Crippen LogP contribution in [0.2, 0.25) is 15.1 Å². The van der Waals surface area contributed by atoms with Crippen LogP contribution in [-0.2, 0) is 0 Å². The molecule has 1 unspecified atom stereocenters. The summed E-state index contributed by atoms with van der Waals surface area (Å²) in [6.45, 7) is 0. The maximum Gasteiger partial charge on any atom is 0.0850 e. The average molecular weight is 306 g/mol. The van der Waals surface area contributed by atoms with Gasteiger partial charge in [0.05, 0.1) is 5.38 Å². The first-order chi connectivity index (χ1) is 8.08. The molecule has 4 heteroatoms. The molecule has 0 saturated carbocycles. The first kappa shape index (κ1) is 13.0. The molecule has 0 aliphatic carbocycles. The molecule has 0 heterocycles. The van der Waals surface area contributed by atoms with E-state index < -0.39 is 0 Å². The Kier molecular flexibility index (Phi) is 4.22. The van der Waals surface area contributed by atoms with Gasteiger partial charge in [0, 0.05) is 15.1 Å². The fourth-order valence-electron chi connectivity index (χ4n) is 1.52. The minimum Gasteiger partial charge on any atom is -0.113 e. The van der Waals surface area contributed by atoms with Crippen molar-refractivity contribution >= 4 is 46.4 Å². The zero-order valence-electron chi connectivity index (χ0n) is 8.63. The molecule has 0 aromatic heterocycles. The number of hydrogen-bond donors (Lipinski definition) is 0. The number of rotatable bonds is 2. The van der Waals surface area contributed by atoms with Crippen LogP contribution < -0.4 is 0 Å². The highest BCUT2D eigenvalue weighted by atomic mass is 35.5. The van der Waals surface area contributed by atoms with Gasteiger partial charge in [0.2, 0.25) is 0 Å².